The van der Waals surface area contributed by atoms with Crippen LogP contribution < -0.4 is 0 Å². The molecule has 2 aliphatic heterocycles. The number of benzene rings is 1. The number of sulfonamides is 1. The molecule has 2 amide bonds. The van der Waals surface area contributed by atoms with Crippen molar-refractivity contribution >= 4 is 27.8 Å². The average Bonchev–Trinajstić information content (AvgIpc) is 3.05. The molecule has 1 fully saturated rings. The Morgan fingerprint density at radius 2 is 1.91 bits per heavy atom. The molecule has 0 spiro atoms. The highest BCUT2D eigenvalue weighted by Crippen LogP contribution is 2.30. The lowest BCUT2D eigenvalue weighted by Crippen LogP contribution is -2.41. The van der Waals surface area contributed by atoms with Gasteiger partial charge in [0.25, 0.3) is 11.8 Å². The van der Waals surface area contributed by atoms with Crippen LogP contribution >= 0.6 is 0 Å². The molecule has 0 unspecified atom stereocenters. The van der Waals surface area contributed by atoms with Gasteiger partial charge in [0.05, 0.1) is 29.5 Å². The number of carbonyl (C=O) groups excluding carboxylic acids is 3. The molecular formula is C22H22FN3O6S. The van der Waals surface area contributed by atoms with E-state index in [0.29, 0.717) is 0 Å². The van der Waals surface area contributed by atoms with Crippen molar-refractivity contribution in [1.29, 1.82) is 0 Å². The van der Waals surface area contributed by atoms with Crippen LogP contribution in [0.3, 0.4) is 0 Å². The second-order valence-corrected chi connectivity index (χ2v) is 9.68. The van der Waals surface area contributed by atoms with Gasteiger partial charge in [0.1, 0.15) is 11.5 Å². The lowest BCUT2D eigenvalue weighted by Gasteiger charge is -2.30. The predicted molar refractivity (Wildman–Crippen MR) is 113 cm³/mol. The summed E-state index contributed by atoms with van der Waals surface area (Å²) in [5.41, 5.74) is 0.239. The predicted octanol–water partition coefficient (Wildman–Crippen LogP) is 1.98. The summed E-state index contributed by atoms with van der Waals surface area (Å²) in [6, 6.07) is 6.22. The van der Waals surface area contributed by atoms with Crippen molar-refractivity contribution in [3.8, 4) is 0 Å². The molecule has 33 heavy (non-hydrogen) atoms. The van der Waals surface area contributed by atoms with Gasteiger partial charge in [0.2, 0.25) is 10.0 Å². The molecule has 1 aromatic carbocycles. The number of hydrogen-bond acceptors (Lipinski definition) is 7. The minimum atomic E-state index is -4.14. The third-order valence-corrected chi connectivity index (χ3v) is 7.76. The van der Waals surface area contributed by atoms with Gasteiger partial charge in [-0.15, -0.1) is 0 Å². The fraction of sp³-hybridized carbons (Fsp3) is 0.364. The number of imide groups is 1. The molecule has 2 aliphatic rings. The summed E-state index contributed by atoms with van der Waals surface area (Å²) in [6.07, 6.45) is 1.96. The van der Waals surface area contributed by atoms with E-state index in [4.69, 9.17) is 4.74 Å². The second-order valence-electron chi connectivity index (χ2n) is 7.78. The normalized spacial score (nSPS) is 17.3. The van der Waals surface area contributed by atoms with E-state index in [-0.39, 0.29) is 66.8 Å². The fourth-order valence-corrected chi connectivity index (χ4v) is 5.75. The third-order valence-electron chi connectivity index (χ3n) is 5.78. The topological polar surface area (TPSA) is 114 Å². The Morgan fingerprint density at radius 3 is 2.58 bits per heavy atom. The number of rotatable bonds is 6. The van der Waals surface area contributed by atoms with Gasteiger partial charge in [-0.25, -0.2) is 12.8 Å². The lowest BCUT2D eigenvalue weighted by molar-refractivity contribution is -0.149. The van der Waals surface area contributed by atoms with E-state index in [2.05, 4.69) is 4.98 Å². The molecule has 0 atom stereocenters. The van der Waals surface area contributed by atoms with Gasteiger partial charge < -0.3 is 4.74 Å². The number of ether oxygens (including phenoxy) is 1. The Labute approximate surface area is 190 Å². The number of aromatic nitrogens is 1. The number of hydrogen-bond donors (Lipinski definition) is 0. The number of carbonyl (C=O) groups is 3. The summed E-state index contributed by atoms with van der Waals surface area (Å²) in [5, 5.41) is 0. The molecule has 11 heteroatoms. The van der Waals surface area contributed by atoms with Crippen LogP contribution in [0.1, 0.15) is 46.2 Å². The van der Waals surface area contributed by atoms with Crippen LogP contribution in [-0.4, -0.2) is 60.1 Å². The van der Waals surface area contributed by atoms with Crippen LogP contribution in [0.2, 0.25) is 0 Å². The number of fused-ring (bicyclic) bond motifs is 1. The minimum absolute atomic E-state index is 0.00458. The summed E-state index contributed by atoms with van der Waals surface area (Å²) < 4.78 is 47.0. The zero-order chi connectivity index (χ0) is 23.8. The van der Waals surface area contributed by atoms with Crippen molar-refractivity contribution in [2.75, 3.05) is 19.7 Å². The standard InChI is InChI=1S/C22H22FN3O6S/c1-2-32-22(29)14-7-10-25(11-8-14)33(30,31)18-12-16(23)6-5-15(18)13-26-20(27)17-4-3-9-24-19(17)21(26)28/h3-6,9,12,14H,2,7-8,10-11,13H2,1H3. The number of halogens is 1. The van der Waals surface area contributed by atoms with E-state index in [9.17, 15) is 27.2 Å². The molecule has 174 valence electrons. The number of nitrogens with zero attached hydrogens (tertiary/aromatic N) is 3. The highest BCUT2D eigenvalue weighted by molar-refractivity contribution is 7.89. The molecule has 0 saturated carbocycles. The van der Waals surface area contributed by atoms with Crippen LogP contribution in [0.5, 0.6) is 0 Å². The number of piperidine rings is 1. The van der Waals surface area contributed by atoms with E-state index >= 15 is 0 Å². The van der Waals surface area contributed by atoms with Crippen molar-refractivity contribution in [2.24, 2.45) is 5.92 Å². The van der Waals surface area contributed by atoms with Crippen molar-refractivity contribution in [3.63, 3.8) is 0 Å². The summed E-state index contributed by atoms with van der Waals surface area (Å²) in [6.45, 7) is 1.74. The number of pyridine rings is 1. The second kappa shape index (κ2) is 8.99. The van der Waals surface area contributed by atoms with Crippen LogP contribution in [0.25, 0.3) is 0 Å². The molecular weight excluding hydrogens is 453 g/mol. The maximum Gasteiger partial charge on any atom is 0.309 e. The molecule has 0 bridgehead atoms. The highest BCUT2D eigenvalue weighted by atomic mass is 32.2. The average molecular weight is 475 g/mol. The van der Waals surface area contributed by atoms with E-state index in [1.54, 1.807) is 6.92 Å². The van der Waals surface area contributed by atoms with Crippen LogP contribution in [0.4, 0.5) is 4.39 Å². The molecule has 3 heterocycles. The molecule has 1 saturated heterocycles. The van der Waals surface area contributed by atoms with E-state index in [1.165, 1.54) is 28.7 Å². The van der Waals surface area contributed by atoms with Gasteiger partial charge in [-0.1, -0.05) is 6.07 Å². The molecule has 0 radical (unpaired) electrons. The van der Waals surface area contributed by atoms with Crippen molar-refractivity contribution < 1.29 is 31.9 Å². The summed E-state index contributed by atoms with van der Waals surface area (Å²) in [5.74, 6) is -2.75. The maximum atomic E-state index is 14.1. The monoisotopic (exact) mass is 475 g/mol. The fourth-order valence-electron chi connectivity index (χ4n) is 4.06. The number of esters is 1. The summed E-state index contributed by atoms with van der Waals surface area (Å²) in [7, 11) is -4.14. The lowest BCUT2D eigenvalue weighted by atomic mass is 9.98. The van der Waals surface area contributed by atoms with Crippen molar-refractivity contribution in [2.45, 2.75) is 31.2 Å². The molecule has 2 aromatic rings. The molecule has 1 aromatic heterocycles. The van der Waals surface area contributed by atoms with Gasteiger partial charge in [-0.3, -0.25) is 24.3 Å². The van der Waals surface area contributed by atoms with Crippen molar-refractivity contribution in [3.05, 3.63) is 59.2 Å². The van der Waals surface area contributed by atoms with E-state index in [0.717, 1.165) is 17.0 Å². The Kier molecular flexibility index (Phi) is 6.26. The summed E-state index contributed by atoms with van der Waals surface area (Å²) in [4.78, 5) is 41.8. The first-order chi connectivity index (χ1) is 15.7. The Bertz CT molecular complexity index is 1190. The quantitative estimate of drug-likeness (QED) is 0.464. The van der Waals surface area contributed by atoms with Gasteiger partial charge in [0, 0.05) is 19.3 Å². The van der Waals surface area contributed by atoms with Gasteiger partial charge in [-0.05, 0) is 49.6 Å². The van der Waals surface area contributed by atoms with Gasteiger partial charge in [-0.2, -0.15) is 4.31 Å². The van der Waals surface area contributed by atoms with Gasteiger partial charge >= 0.3 is 5.97 Å². The van der Waals surface area contributed by atoms with E-state index in [1.807, 2.05) is 0 Å². The largest absolute Gasteiger partial charge is 0.466 e. The first-order valence-corrected chi connectivity index (χ1v) is 11.9. The zero-order valence-electron chi connectivity index (χ0n) is 17.9. The SMILES string of the molecule is CCOC(=O)C1CCN(S(=O)(=O)c2cc(F)ccc2CN2C(=O)c3cccnc3C2=O)CC1. The summed E-state index contributed by atoms with van der Waals surface area (Å²) >= 11 is 0. The Balaban J connectivity index is 1.58. The van der Waals surface area contributed by atoms with Crippen LogP contribution in [0.15, 0.2) is 41.4 Å². The smallest absolute Gasteiger partial charge is 0.309 e. The zero-order valence-corrected chi connectivity index (χ0v) is 18.7. The van der Waals surface area contributed by atoms with Crippen LogP contribution in [0, 0.1) is 11.7 Å². The number of amides is 2. The van der Waals surface area contributed by atoms with Gasteiger partial charge in [0.15, 0.2) is 0 Å². The third kappa shape index (κ3) is 4.25. The van der Waals surface area contributed by atoms with E-state index < -0.39 is 33.6 Å². The first kappa shape index (κ1) is 23.0. The molecule has 0 N–H and O–H groups in total. The van der Waals surface area contributed by atoms with Crippen molar-refractivity contribution in [1.82, 2.24) is 14.2 Å². The minimum Gasteiger partial charge on any atom is -0.466 e. The maximum absolute atomic E-state index is 14.1. The first-order valence-electron chi connectivity index (χ1n) is 10.5. The molecule has 4 rings (SSSR count). The Hall–Kier alpha value is -3.18. The molecule has 0 aliphatic carbocycles. The molecule has 9 nitrogen and oxygen atoms in total. The van der Waals surface area contributed by atoms with Crippen LogP contribution in [-0.2, 0) is 26.1 Å². The Morgan fingerprint density at radius 1 is 1.18 bits per heavy atom. The highest BCUT2D eigenvalue weighted by Gasteiger charge is 2.39.